The van der Waals surface area contributed by atoms with E-state index in [1.54, 1.807) is 13.1 Å². The van der Waals surface area contributed by atoms with Crippen molar-refractivity contribution in [2.24, 2.45) is 0 Å². The second kappa shape index (κ2) is 9.47. The number of ether oxygens (including phenoxy) is 1. The van der Waals surface area contributed by atoms with Crippen molar-refractivity contribution < 1.29 is 41.0 Å². The molecule has 0 atom stereocenters. The van der Waals surface area contributed by atoms with E-state index in [4.69, 9.17) is 14.6 Å². The molecular formula is C17H17F6N2O3. The van der Waals surface area contributed by atoms with E-state index in [0.29, 0.717) is 18.5 Å². The number of carbonyl (C=O) groups is 1. The lowest BCUT2D eigenvalue weighted by Gasteiger charge is -2.14. The minimum atomic E-state index is -5.08. The number of carboxylic acid groups (broad SMARTS) is 1. The van der Waals surface area contributed by atoms with Crippen LogP contribution in [0.1, 0.15) is 23.4 Å². The Hall–Kier alpha value is -2.72. The maximum absolute atomic E-state index is 12.9. The minimum absolute atomic E-state index is 0.171. The van der Waals surface area contributed by atoms with Gasteiger partial charge in [0.25, 0.3) is 0 Å². The molecule has 0 unspecified atom stereocenters. The molecule has 2 aromatic rings. The lowest BCUT2D eigenvalue weighted by molar-refractivity contribution is -0.192. The average Bonchev–Trinajstić information content (AvgIpc) is 2.96. The summed E-state index contributed by atoms with van der Waals surface area (Å²) in [6, 6.07) is 5.04. The van der Waals surface area contributed by atoms with Crippen LogP contribution in [0.25, 0.3) is 0 Å². The van der Waals surface area contributed by atoms with Gasteiger partial charge in [-0.2, -0.15) is 26.3 Å². The van der Waals surface area contributed by atoms with Gasteiger partial charge in [0.1, 0.15) is 11.6 Å². The Bertz CT molecular complexity index is 784. The summed E-state index contributed by atoms with van der Waals surface area (Å²) in [6.45, 7) is 4.30. The third-order valence-electron chi connectivity index (χ3n) is 3.33. The van der Waals surface area contributed by atoms with Crippen LogP contribution in [0.3, 0.4) is 0 Å². The maximum atomic E-state index is 12.9. The molecule has 28 heavy (non-hydrogen) atoms. The highest BCUT2D eigenvalue weighted by molar-refractivity contribution is 5.73. The second-order valence-corrected chi connectivity index (χ2v) is 5.56. The first-order valence-electron chi connectivity index (χ1n) is 7.82. The number of rotatable bonds is 5. The van der Waals surface area contributed by atoms with Crippen LogP contribution in [0.4, 0.5) is 26.3 Å². The Balaban J connectivity index is 0.000000480. The number of hydrogen-bond acceptors (Lipinski definition) is 3. The number of nitrogens with zero attached hydrogens (tertiary/aromatic N) is 2. The van der Waals surface area contributed by atoms with Gasteiger partial charge in [0.15, 0.2) is 0 Å². The van der Waals surface area contributed by atoms with Crippen LogP contribution in [0.2, 0.25) is 0 Å². The molecule has 0 saturated carbocycles. The maximum Gasteiger partial charge on any atom is 0.490 e. The molecule has 0 saturated heterocycles. The van der Waals surface area contributed by atoms with E-state index in [0.717, 1.165) is 11.9 Å². The Morgan fingerprint density at radius 3 is 2.32 bits per heavy atom. The van der Waals surface area contributed by atoms with Crippen LogP contribution in [0, 0.1) is 19.9 Å². The van der Waals surface area contributed by atoms with Gasteiger partial charge in [0.05, 0.1) is 12.2 Å². The number of imidazole rings is 1. The Labute approximate surface area is 156 Å². The summed E-state index contributed by atoms with van der Waals surface area (Å²) in [5.41, 5.74) is -0.318. The predicted molar refractivity (Wildman–Crippen MR) is 85.8 cm³/mol. The third kappa shape index (κ3) is 7.49. The van der Waals surface area contributed by atoms with Crippen LogP contribution in [-0.2, 0) is 17.5 Å². The van der Waals surface area contributed by atoms with Gasteiger partial charge in [-0.15, -0.1) is 0 Å². The molecule has 0 aliphatic heterocycles. The molecule has 1 aromatic carbocycles. The molecular weight excluding hydrogens is 394 g/mol. The quantitative estimate of drug-likeness (QED) is 0.584. The molecule has 11 heteroatoms. The summed E-state index contributed by atoms with van der Waals surface area (Å²) >= 11 is 0. The van der Waals surface area contributed by atoms with E-state index < -0.39 is 23.9 Å². The van der Waals surface area contributed by atoms with Crippen molar-refractivity contribution in [2.45, 2.75) is 39.2 Å². The molecule has 0 aliphatic rings. The summed E-state index contributed by atoms with van der Waals surface area (Å²) in [6.07, 6.45) is -5.39. The van der Waals surface area contributed by atoms with Crippen molar-refractivity contribution >= 4 is 5.97 Å². The fraction of sp³-hybridized carbons (Fsp3) is 0.412. The van der Waals surface area contributed by atoms with Gasteiger partial charge in [-0.05, 0) is 44.0 Å². The van der Waals surface area contributed by atoms with Gasteiger partial charge < -0.3 is 14.4 Å². The Kier molecular flexibility index (Phi) is 7.89. The summed E-state index contributed by atoms with van der Waals surface area (Å²) in [4.78, 5) is 13.0. The van der Waals surface area contributed by atoms with Crippen molar-refractivity contribution in [3.8, 4) is 5.75 Å². The zero-order valence-corrected chi connectivity index (χ0v) is 14.9. The topological polar surface area (TPSA) is 64.4 Å². The minimum Gasteiger partial charge on any atom is -0.493 e. The molecule has 1 N–H and O–H groups in total. The largest absolute Gasteiger partial charge is 0.493 e. The highest BCUT2D eigenvalue weighted by Crippen LogP contribution is 2.36. The van der Waals surface area contributed by atoms with E-state index in [1.807, 2.05) is 17.7 Å². The van der Waals surface area contributed by atoms with Crippen molar-refractivity contribution in [1.29, 1.82) is 0 Å². The lowest BCUT2D eigenvalue weighted by Crippen LogP contribution is -2.21. The van der Waals surface area contributed by atoms with Gasteiger partial charge in [-0.3, -0.25) is 0 Å². The molecule has 0 spiro atoms. The standard InChI is InChI=1S/C15H16F3N2O.C2HF3O2/c1-11-4-5-14(13(10-11)15(16,17)18)21-9-3-7-20-8-6-19-12(20)2;3-2(4,5)1(6)7/h5-6,8,10H,3,7,9H2,1-2H3;(H,6,7). The van der Waals surface area contributed by atoms with Gasteiger partial charge in [0, 0.05) is 18.9 Å². The zero-order valence-electron chi connectivity index (χ0n) is 14.9. The number of halogens is 6. The number of aliphatic carboxylic acids is 1. The number of aromatic nitrogens is 2. The van der Waals surface area contributed by atoms with Crippen molar-refractivity contribution in [3.05, 3.63) is 47.5 Å². The molecule has 0 bridgehead atoms. The molecule has 0 fully saturated rings. The number of alkyl halides is 6. The second-order valence-electron chi connectivity index (χ2n) is 5.56. The van der Waals surface area contributed by atoms with Gasteiger partial charge >= 0.3 is 18.3 Å². The first-order valence-corrected chi connectivity index (χ1v) is 7.82. The summed E-state index contributed by atoms with van der Waals surface area (Å²) < 4.78 is 77.7. The smallest absolute Gasteiger partial charge is 0.490 e. The summed E-state index contributed by atoms with van der Waals surface area (Å²) in [5.74, 6) is -2.06. The summed E-state index contributed by atoms with van der Waals surface area (Å²) in [5, 5.41) is 7.12. The Morgan fingerprint density at radius 2 is 1.86 bits per heavy atom. The number of carboxylic acids is 1. The fourth-order valence-corrected chi connectivity index (χ4v) is 1.98. The molecule has 2 rings (SSSR count). The van der Waals surface area contributed by atoms with Gasteiger partial charge in [-0.25, -0.2) is 9.78 Å². The highest BCUT2D eigenvalue weighted by Gasteiger charge is 2.38. The number of aryl methyl sites for hydroxylation is 3. The van der Waals surface area contributed by atoms with Crippen LogP contribution in [-0.4, -0.2) is 33.4 Å². The SMILES string of the molecule is Cc1[c]cc(OCCCn2ccnc2C)c(C(F)(F)F)c1.O=C(O)C(F)(F)F. The van der Waals surface area contributed by atoms with Crippen molar-refractivity contribution in [3.63, 3.8) is 0 Å². The first kappa shape index (κ1) is 23.3. The molecule has 0 amide bonds. The van der Waals surface area contributed by atoms with E-state index in [1.165, 1.54) is 6.07 Å². The van der Waals surface area contributed by atoms with Crippen LogP contribution < -0.4 is 4.74 Å². The molecule has 1 aromatic heterocycles. The monoisotopic (exact) mass is 411 g/mol. The normalized spacial score (nSPS) is 11.6. The number of benzene rings is 1. The fourth-order valence-electron chi connectivity index (χ4n) is 1.98. The van der Waals surface area contributed by atoms with Crippen LogP contribution in [0.15, 0.2) is 24.5 Å². The van der Waals surface area contributed by atoms with E-state index in [9.17, 15) is 26.3 Å². The molecule has 1 radical (unpaired) electrons. The van der Waals surface area contributed by atoms with E-state index in [2.05, 4.69) is 11.1 Å². The zero-order chi connectivity index (χ0) is 21.5. The molecule has 5 nitrogen and oxygen atoms in total. The number of hydrogen-bond donors (Lipinski definition) is 1. The van der Waals surface area contributed by atoms with Gasteiger partial charge in [-0.1, -0.05) is 0 Å². The Morgan fingerprint density at radius 1 is 1.25 bits per heavy atom. The van der Waals surface area contributed by atoms with E-state index >= 15 is 0 Å². The molecule has 0 aliphatic carbocycles. The average molecular weight is 411 g/mol. The van der Waals surface area contributed by atoms with Crippen LogP contribution >= 0.6 is 0 Å². The molecule has 1 heterocycles. The van der Waals surface area contributed by atoms with E-state index in [-0.39, 0.29) is 12.4 Å². The predicted octanol–water partition coefficient (Wildman–Crippen LogP) is 4.42. The first-order chi connectivity index (χ1) is 12.8. The summed E-state index contributed by atoms with van der Waals surface area (Å²) in [7, 11) is 0. The van der Waals surface area contributed by atoms with Crippen molar-refractivity contribution in [1.82, 2.24) is 9.55 Å². The highest BCUT2D eigenvalue weighted by atomic mass is 19.4. The van der Waals surface area contributed by atoms with Crippen LogP contribution in [0.5, 0.6) is 5.75 Å². The molecule has 155 valence electrons. The van der Waals surface area contributed by atoms with Gasteiger partial charge in [0.2, 0.25) is 0 Å². The lowest BCUT2D eigenvalue weighted by atomic mass is 10.1. The van der Waals surface area contributed by atoms with Crippen molar-refractivity contribution in [2.75, 3.05) is 6.61 Å². The third-order valence-corrected chi connectivity index (χ3v) is 3.33.